The lowest BCUT2D eigenvalue weighted by molar-refractivity contribution is 0.00578. The molecular weight excluding hydrogens is 364 g/mol. The van der Waals surface area contributed by atoms with Gasteiger partial charge in [0.1, 0.15) is 17.2 Å². The summed E-state index contributed by atoms with van der Waals surface area (Å²) >= 11 is 0. The standard InChI is InChI=1S/C20H29BFNO5/c1-18(2,3)26-17(25)23-12-14(10-13-8-9-15(22)11-16(13)24)21-27-19(4,5)20(6,7)28-21/h8-11,24H,12H2,1-7H3,(H,23,25). The zero-order chi connectivity index (χ0) is 21.3. The molecule has 0 aliphatic carbocycles. The number of alkyl carbamates (subject to hydrolysis) is 1. The van der Waals surface area contributed by atoms with E-state index in [1.807, 2.05) is 27.7 Å². The van der Waals surface area contributed by atoms with Crippen LogP contribution in [0.15, 0.2) is 23.7 Å². The Morgan fingerprint density at radius 3 is 2.32 bits per heavy atom. The van der Waals surface area contributed by atoms with Crippen molar-refractivity contribution in [3.63, 3.8) is 0 Å². The number of phenolic OH excluding ortho intramolecular Hbond substituents is 1. The maximum absolute atomic E-state index is 13.3. The fraction of sp³-hybridized carbons (Fsp3) is 0.550. The first-order valence-electron chi connectivity index (χ1n) is 9.22. The van der Waals surface area contributed by atoms with Crippen LogP contribution < -0.4 is 5.32 Å². The third kappa shape index (κ3) is 5.48. The number of benzene rings is 1. The van der Waals surface area contributed by atoms with Gasteiger partial charge >= 0.3 is 13.2 Å². The van der Waals surface area contributed by atoms with E-state index in [9.17, 15) is 14.3 Å². The molecule has 1 amide bonds. The van der Waals surface area contributed by atoms with Crippen LogP contribution in [0.3, 0.4) is 0 Å². The molecule has 1 aliphatic rings. The molecule has 0 unspecified atom stereocenters. The van der Waals surface area contributed by atoms with Crippen LogP contribution >= 0.6 is 0 Å². The molecule has 8 heteroatoms. The van der Waals surface area contributed by atoms with Gasteiger partial charge in [-0.3, -0.25) is 0 Å². The second kappa shape index (κ2) is 7.76. The third-order valence-electron chi connectivity index (χ3n) is 4.73. The van der Waals surface area contributed by atoms with E-state index in [4.69, 9.17) is 14.0 Å². The van der Waals surface area contributed by atoms with Crippen LogP contribution in [0.4, 0.5) is 9.18 Å². The van der Waals surface area contributed by atoms with E-state index in [1.54, 1.807) is 26.8 Å². The number of hydrogen-bond acceptors (Lipinski definition) is 5. The molecule has 0 aromatic heterocycles. The van der Waals surface area contributed by atoms with E-state index in [2.05, 4.69) is 5.32 Å². The molecule has 28 heavy (non-hydrogen) atoms. The Kier molecular flexibility index (Phi) is 6.16. The van der Waals surface area contributed by atoms with E-state index < -0.39 is 35.8 Å². The summed E-state index contributed by atoms with van der Waals surface area (Å²) in [7, 11) is -0.746. The summed E-state index contributed by atoms with van der Waals surface area (Å²) < 4.78 is 30.7. The molecule has 1 aromatic rings. The van der Waals surface area contributed by atoms with Crippen LogP contribution in [-0.4, -0.2) is 41.7 Å². The van der Waals surface area contributed by atoms with E-state index >= 15 is 0 Å². The molecule has 2 rings (SSSR count). The van der Waals surface area contributed by atoms with Gasteiger partial charge in [-0.05, 0) is 66.1 Å². The smallest absolute Gasteiger partial charge is 0.492 e. The van der Waals surface area contributed by atoms with Gasteiger partial charge < -0.3 is 24.5 Å². The zero-order valence-electron chi connectivity index (χ0n) is 17.6. The van der Waals surface area contributed by atoms with Gasteiger partial charge in [-0.25, -0.2) is 9.18 Å². The lowest BCUT2D eigenvalue weighted by Gasteiger charge is -2.32. The van der Waals surface area contributed by atoms with Crippen LogP contribution in [-0.2, 0) is 14.0 Å². The fourth-order valence-corrected chi connectivity index (χ4v) is 2.52. The van der Waals surface area contributed by atoms with Gasteiger partial charge in [0.2, 0.25) is 0 Å². The summed E-state index contributed by atoms with van der Waals surface area (Å²) in [6.45, 7) is 13.1. The number of ether oxygens (including phenoxy) is 1. The van der Waals surface area contributed by atoms with Gasteiger partial charge in [-0.2, -0.15) is 0 Å². The lowest BCUT2D eigenvalue weighted by atomic mass is 9.77. The predicted molar refractivity (Wildman–Crippen MR) is 106 cm³/mol. The molecule has 1 aromatic carbocycles. The first-order valence-corrected chi connectivity index (χ1v) is 9.22. The van der Waals surface area contributed by atoms with Crippen molar-refractivity contribution in [3.8, 4) is 5.75 Å². The summed E-state index contributed by atoms with van der Waals surface area (Å²) in [5.74, 6) is -0.759. The highest BCUT2D eigenvalue weighted by Gasteiger charge is 2.52. The number of halogens is 1. The van der Waals surface area contributed by atoms with E-state index in [0.717, 1.165) is 6.07 Å². The van der Waals surface area contributed by atoms with Crippen molar-refractivity contribution in [3.05, 3.63) is 35.1 Å². The van der Waals surface area contributed by atoms with E-state index in [-0.39, 0.29) is 12.3 Å². The number of hydrogen-bond donors (Lipinski definition) is 2. The number of phenols is 1. The van der Waals surface area contributed by atoms with Crippen LogP contribution in [0.25, 0.3) is 6.08 Å². The molecule has 0 saturated carbocycles. The number of aromatic hydroxyl groups is 1. The molecule has 0 bridgehead atoms. The Balaban J connectivity index is 2.28. The summed E-state index contributed by atoms with van der Waals surface area (Å²) in [4.78, 5) is 12.1. The highest BCUT2D eigenvalue weighted by Crippen LogP contribution is 2.39. The minimum absolute atomic E-state index is 0.0720. The normalized spacial score (nSPS) is 18.9. The molecule has 0 spiro atoms. The monoisotopic (exact) mass is 393 g/mol. The van der Waals surface area contributed by atoms with Crippen molar-refractivity contribution in [1.82, 2.24) is 5.32 Å². The molecule has 1 saturated heterocycles. The van der Waals surface area contributed by atoms with Crippen molar-refractivity contribution in [1.29, 1.82) is 0 Å². The summed E-state index contributed by atoms with van der Waals surface area (Å²) in [5, 5.41) is 12.7. The fourth-order valence-electron chi connectivity index (χ4n) is 2.52. The van der Waals surface area contributed by atoms with Gasteiger partial charge in [0.25, 0.3) is 0 Å². The predicted octanol–water partition coefficient (Wildman–Crippen LogP) is 4.07. The Bertz CT molecular complexity index is 754. The molecule has 1 aliphatic heterocycles. The van der Waals surface area contributed by atoms with Crippen LogP contribution in [0.1, 0.15) is 54.0 Å². The van der Waals surface area contributed by atoms with Crippen molar-refractivity contribution >= 4 is 19.3 Å². The van der Waals surface area contributed by atoms with Crippen molar-refractivity contribution in [2.24, 2.45) is 0 Å². The van der Waals surface area contributed by atoms with Crippen molar-refractivity contribution < 1.29 is 28.3 Å². The average molecular weight is 393 g/mol. The van der Waals surface area contributed by atoms with Crippen molar-refractivity contribution in [2.45, 2.75) is 65.3 Å². The molecule has 154 valence electrons. The van der Waals surface area contributed by atoms with E-state index in [1.165, 1.54) is 12.1 Å². The molecule has 0 atom stereocenters. The number of nitrogens with one attached hydrogen (secondary N) is 1. The Labute approximate surface area is 166 Å². The van der Waals surface area contributed by atoms with Crippen molar-refractivity contribution in [2.75, 3.05) is 6.54 Å². The quantitative estimate of drug-likeness (QED) is 0.755. The van der Waals surface area contributed by atoms with Gasteiger partial charge in [-0.1, -0.05) is 6.08 Å². The summed E-state index contributed by atoms with van der Waals surface area (Å²) in [6, 6.07) is 3.72. The van der Waals surface area contributed by atoms with Gasteiger partial charge in [0.15, 0.2) is 0 Å². The Morgan fingerprint density at radius 1 is 1.25 bits per heavy atom. The number of carbonyl (C=O) groups is 1. The lowest BCUT2D eigenvalue weighted by Crippen LogP contribution is -2.41. The second-order valence-electron chi connectivity index (χ2n) is 8.87. The Morgan fingerprint density at radius 2 is 1.82 bits per heavy atom. The molecular formula is C20H29BFNO5. The highest BCUT2D eigenvalue weighted by atomic mass is 19.1. The minimum atomic E-state index is -0.746. The summed E-state index contributed by atoms with van der Waals surface area (Å²) in [5.41, 5.74) is -0.835. The maximum Gasteiger partial charge on any atom is 0.492 e. The molecule has 6 nitrogen and oxygen atoms in total. The van der Waals surface area contributed by atoms with Crippen LogP contribution in [0.2, 0.25) is 0 Å². The molecule has 2 N–H and O–H groups in total. The zero-order valence-corrected chi connectivity index (χ0v) is 17.6. The maximum atomic E-state index is 13.3. The topological polar surface area (TPSA) is 77.0 Å². The largest absolute Gasteiger partial charge is 0.507 e. The molecule has 1 fully saturated rings. The third-order valence-corrected chi connectivity index (χ3v) is 4.73. The first-order chi connectivity index (χ1) is 12.7. The van der Waals surface area contributed by atoms with E-state index in [0.29, 0.717) is 11.0 Å². The van der Waals surface area contributed by atoms with Gasteiger partial charge in [0, 0.05) is 18.2 Å². The minimum Gasteiger partial charge on any atom is -0.507 e. The Hall–Kier alpha value is -2.06. The number of carbonyl (C=O) groups excluding carboxylic acids is 1. The van der Waals surface area contributed by atoms with Crippen LogP contribution in [0, 0.1) is 5.82 Å². The SMILES string of the molecule is CC(C)(C)OC(=O)NCC(=Cc1ccc(F)cc1O)B1OC(C)(C)C(C)(C)O1. The number of rotatable bonds is 4. The highest BCUT2D eigenvalue weighted by molar-refractivity contribution is 6.56. The second-order valence-corrected chi connectivity index (χ2v) is 8.87. The average Bonchev–Trinajstić information content (AvgIpc) is 2.71. The summed E-state index contributed by atoms with van der Waals surface area (Å²) in [6.07, 6.45) is 1.03. The van der Waals surface area contributed by atoms with Gasteiger partial charge in [-0.15, -0.1) is 0 Å². The van der Waals surface area contributed by atoms with Gasteiger partial charge in [0.05, 0.1) is 11.2 Å². The van der Waals surface area contributed by atoms with Crippen LogP contribution in [0.5, 0.6) is 5.75 Å². The molecule has 0 radical (unpaired) electrons. The first kappa shape index (κ1) is 22.2. The molecule has 1 heterocycles. The number of amides is 1.